The highest BCUT2D eigenvalue weighted by atomic mass is 16.3. The summed E-state index contributed by atoms with van der Waals surface area (Å²) in [6.45, 7) is 10.2. The van der Waals surface area contributed by atoms with Crippen molar-refractivity contribution < 1.29 is 5.11 Å². The number of hydrogen-bond acceptors (Lipinski definition) is 1. The second-order valence-electron chi connectivity index (χ2n) is 11.9. The summed E-state index contributed by atoms with van der Waals surface area (Å²) in [4.78, 5) is 0. The predicted molar refractivity (Wildman–Crippen MR) is 112 cm³/mol. The van der Waals surface area contributed by atoms with Crippen LogP contribution in [0.1, 0.15) is 91.9 Å². The van der Waals surface area contributed by atoms with E-state index in [0.717, 1.165) is 41.9 Å². The monoisotopic (exact) mass is 370 g/mol. The van der Waals surface area contributed by atoms with Crippen molar-refractivity contribution >= 4 is 0 Å². The predicted octanol–water partition coefficient (Wildman–Crippen LogP) is 6.61. The maximum Gasteiger partial charge on any atom is 0.0568 e. The molecule has 1 nitrogen and oxygen atoms in total. The standard InChI is InChI=1S/C26H42O/c1-16-6-5-7-18-8-10-21-19(24(16)18)9-11-23-25(3)15-13-22(27)17(2)20(25)12-14-26(21,23)4/h9,16-18,20-24,27H,5-8,10-15H2,1-4H3. The van der Waals surface area contributed by atoms with E-state index in [9.17, 15) is 5.11 Å². The van der Waals surface area contributed by atoms with Crippen LogP contribution in [0.25, 0.3) is 0 Å². The van der Waals surface area contributed by atoms with Crippen LogP contribution >= 0.6 is 0 Å². The molecule has 0 radical (unpaired) electrons. The van der Waals surface area contributed by atoms with Gasteiger partial charge in [-0.3, -0.25) is 0 Å². The molecule has 0 bridgehead atoms. The Kier molecular flexibility index (Phi) is 4.40. The van der Waals surface area contributed by atoms with Gasteiger partial charge in [0.05, 0.1) is 6.10 Å². The van der Waals surface area contributed by atoms with Gasteiger partial charge in [0.1, 0.15) is 0 Å². The highest BCUT2D eigenvalue weighted by molar-refractivity contribution is 5.27. The maximum atomic E-state index is 10.5. The van der Waals surface area contributed by atoms with Crippen LogP contribution in [0.3, 0.4) is 0 Å². The number of rotatable bonds is 0. The maximum absolute atomic E-state index is 10.5. The zero-order valence-electron chi connectivity index (χ0n) is 18.2. The van der Waals surface area contributed by atoms with Crippen molar-refractivity contribution in [3.8, 4) is 0 Å². The van der Waals surface area contributed by atoms with Gasteiger partial charge < -0.3 is 5.11 Å². The van der Waals surface area contributed by atoms with Crippen LogP contribution < -0.4 is 0 Å². The van der Waals surface area contributed by atoms with Gasteiger partial charge in [0.2, 0.25) is 0 Å². The second-order valence-corrected chi connectivity index (χ2v) is 11.9. The van der Waals surface area contributed by atoms with E-state index in [4.69, 9.17) is 0 Å². The topological polar surface area (TPSA) is 20.2 Å². The summed E-state index contributed by atoms with van der Waals surface area (Å²) in [7, 11) is 0. The molecule has 4 saturated carbocycles. The van der Waals surface area contributed by atoms with Gasteiger partial charge in [-0.1, -0.05) is 52.2 Å². The van der Waals surface area contributed by atoms with E-state index >= 15 is 0 Å². The lowest BCUT2D eigenvalue weighted by Gasteiger charge is -2.65. The number of hydrogen-bond donors (Lipinski definition) is 1. The zero-order valence-corrected chi connectivity index (χ0v) is 18.2. The number of aliphatic hydroxyl groups excluding tert-OH is 1. The Hall–Kier alpha value is -0.300. The molecule has 4 fully saturated rings. The van der Waals surface area contributed by atoms with E-state index in [-0.39, 0.29) is 6.10 Å². The molecule has 0 aromatic carbocycles. The molecule has 5 aliphatic carbocycles. The van der Waals surface area contributed by atoms with Crippen molar-refractivity contribution in [1.29, 1.82) is 0 Å². The molecule has 152 valence electrons. The van der Waals surface area contributed by atoms with Crippen molar-refractivity contribution in [2.24, 2.45) is 52.3 Å². The molecule has 0 aromatic rings. The molecule has 1 N–H and O–H groups in total. The van der Waals surface area contributed by atoms with Gasteiger partial charge in [-0.25, -0.2) is 0 Å². The Labute approximate surface area is 167 Å². The summed E-state index contributed by atoms with van der Waals surface area (Å²) in [6, 6.07) is 0. The van der Waals surface area contributed by atoms with Gasteiger partial charge in [-0.15, -0.1) is 0 Å². The van der Waals surface area contributed by atoms with Gasteiger partial charge in [-0.05, 0) is 104 Å². The Morgan fingerprint density at radius 3 is 2.52 bits per heavy atom. The van der Waals surface area contributed by atoms with E-state index in [1.807, 2.05) is 5.57 Å². The lowest BCUT2D eigenvalue weighted by atomic mass is 9.39. The molecule has 27 heavy (non-hydrogen) atoms. The molecule has 1 heteroatoms. The first-order valence-electron chi connectivity index (χ1n) is 12.2. The highest BCUT2D eigenvalue weighted by Crippen LogP contribution is 2.69. The Morgan fingerprint density at radius 2 is 1.70 bits per heavy atom. The zero-order chi connectivity index (χ0) is 19.0. The largest absolute Gasteiger partial charge is 0.393 e. The molecule has 0 heterocycles. The van der Waals surface area contributed by atoms with E-state index < -0.39 is 0 Å². The molecular formula is C26H42O. The third kappa shape index (κ3) is 2.52. The number of allylic oxidation sites excluding steroid dienone is 2. The number of aliphatic hydroxyl groups is 1. The Bertz CT molecular complexity index is 622. The number of fused-ring (bicyclic) bond motifs is 7. The van der Waals surface area contributed by atoms with Gasteiger partial charge >= 0.3 is 0 Å². The fourth-order valence-corrected chi connectivity index (χ4v) is 9.62. The molecule has 10 unspecified atom stereocenters. The molecule has 5 aliphatic rings. The smallest absolute Gasteiger partial charge is 0.0568 e. The Morgan fingerprint density at radius 1 is 0.926 bits per heavy atom. The van der Waals surface area contributed by atoms with Crippen molar-refractivity contribution in [3.05, 3.63) is 11.6 Å². The second kappa shape index (κ2) is 6.35. The lowest BCUT2D eigenvalue weighted by Crippen LogP contribution is -2.58. The Balaban J connectivity index is 1.51. The first kappa shape index (κ1) is 18.7. The third-order valence-corrected chi connectivity index (χ3v) is 11.0. The van der Waals surface area contributed by atoms with Crippen LogP contribution in [0.4, 0.5) is 0 Å². The molecule has 10 atom stereocenters. The fourth-order valence-electron chi connectivity index (χ4n) is 9.62. The van der Waals surface area contributed by atoms with E-state index in [1.165, 1.54) is 57.8 Å². The normalized spacial score (nSPS) is 57.6. The average Bonchev–Trinajstić information content (AvgIpc) is 2.64. The molecular weight excluding hydrogens is 328 g/mol. The van der Waals surface area contributed by atoms with E-state index in [2.05, 4.69) is 33.8 Å². The molecule has 0 saturated heterocycles. The van der Waals surface area contributed by atoms with Gasteiger partial charge in [0.25, 0.3) is 0 Å². The lowest BCUT2D eigenvalue weighted by molar-refractivity contribution is -0.153. The minimum absolute atomic E-state index is 0.0550. The van der Waals surface area contributed by atoms with Crippen LogP contribution in [-0.4, -0.2) is 11.2 Å². The summed E-state index contributed by atoms with van der Waals surface area (Å²) < 4.78 is 0. The molecule has 0 amide bonds. The van der Waals surface area contributed by atoms with Crippen LogP contribution in [0.5, 0.6) is 0 Å². The summed E-state index contributed by atoms with van der Waals surface area (Å²) in [6.07, 6.45) is 16.5. The van der Waals surface area contributed by atoms with Crippen LogP contribution in [0.15, 0.2) is 11.6 Å². The van der Waals surface area contributed by atoms with Crippen LogP contribution in [0, 0.1) is 52.3 Å². The van der Waals surface area contributed by atoms with Gasteiger partial charge in [0, 0.05) is 0 Å². The minimum Gasteiger partial charge on any atom is -0.393 e. The van der Waals surface area contributed by atoms with Gasteiger partial charge in [-0.2, -0.15) is 0 Å². The van der Waals surface area contributed by atoms with Crippen molar-refractivity contribution in [1.82, 2.24) is 0 Å². The summed E-state index contributed by atoms with van der Waals surface area (Å²) >= 11 is 0. The van der Waals surface area contributed by atoms with Crippen LogP contribution in [0.2, 0.25) is 0 Å². The summed E-state index contributed by atoms with van der Waals surface area (Å²) in [5.74, 6) is 5.74. The van der Waals surface area contributed by atoms with Gasteiger partial charge in [0.15, 0.2) is 0 Å². The third-order valence-electron chi connectivity index (χ3n) is 11.0. The molecule has 5 rings (SSSR count). The first-order chi connectivity index (χ1) is 12.9. The average molecular weight is 371 g/mol. The fraction of sp³-hybridized carbons (Fsp3) is 0.923. The van der Waals surface area contributed by atoms with Crippen molar-refractivity contribution in [2.45, 2.75) is 98.0 Å². The highest BCUT2D eigenvalue weighted by Gasteiger charge is 2.61. The molecule has 0 spiro atoms. The summed E-state index contributed by atoms with van der Waals surface area (Å²) in [5, 5.41) is 10.5. The summed E-state index contributed by atoms with van der Waals surface area (Å²) in [5.41, 5.74) is 2.88. The van der Waals surface area contributed by atoms with E-state index in [1.54, 1.807) is 0 Å². The minimum atomic E-state index is -0.0550. The van der Waals surface area contributed by atoms with Crippen molar-refractivity contribution in [2.75, 3.05) is 0 Å². The molecule has 0 aliphatic heterocycles. The quantitative estimate of drug-likeness (QED) is 0.476. The van der Waals surface area contributed by atoms with Crippen molar-refractivity contribution in [3.63, 3.8) is 0 Å². The molecule has 0 aromatic heterocycles. The first-order valence-corrected chi connectivity index (χ1v) is 12.2. The SMILES string of the molecule is CC1CCCC2CCC3C(=CCC4C3(C)CCC3C(C)C(O)CCC34C)C12. The van der Waals surface area contributed by atoms with E-state index in [0.29, 0.717) is 16.7 Å². The van der Waals surface area contributed by atoms with Crippen LogP contribution in [-0.2, 0) is 0 Å².